The van der Waals surface area contributed by atoms with Gasteiger partial charge >= 0.3 is 0 Å². The molecule has 1 aromatic rings. The van der Waals surface area contributed by atoms with E-state index in [1.807, 2.05) is 19.2 Å². The smallest absolute Gasteiger partial charge is 0.0499 e. The molecule has 3 nitrogen and oxygen atoms in total. The maximum Gasteiger partial charge on any atom is 0.0499 e. The SMILES string of the molecule is Cc1ncccc1CN(C)CC1(CO)CCC1. The molecule has 0 saturated heterocycles. The fraction of sp³-hybridized carbons (Fsp3) is 0.643. The van der Waals surface area contributed by atoms with Crippen LogP contribution in [-0.2, 0) is 6.54 Å². The summed E-state index contributed by atoms with van der Waals surface area (Å²) in [6, 6.07) is 4.12. The van der Waals surface area contributed by atoms with E-state index < -0.39 is 0 Å². The number of pyridine rings is 1. The third kappa shape index (κ3) is 2.85. The average molecular weight is 234 g/mol. The van der Waals surface area contributed by atoms with Gasteiger partial charge in [0.05, 0.1) is 0 Å². The van der Waals surface area contributed by atoms with Crippen molar-refractivity contribution < 1.29 is 5.11 Å². The van der Waals surface area contributed by atoms with Crippen molar-refractivity contribution in [3.05, 3.63) is 29.6 Å². The van der Waals surface area contributed by atoms with Crippen LogP contribution in [0.2, 0.25) is 0 Å². The van der Waals surface area contributed by atoms with Gasteiger partial charge in [-0.15, -0.1) is 0 Å². The molecule has 0 aromatic carbocycles. The van der Waals surface area contributed by atoms with Crippen LogP contribution < -0.4 is 0 Å². The zero-order valence-electron chi connectivity index (χ0n) is 10.8. The Morgan fingerprint density at radius 3 is 2.76 bits per heavy atom. The molecule has 2 rings (SSSR count). The normalized spacial score (nSPS) is 18.1. The van der Waals surface area contributed by atoms with Crippen molar-refractivity contribution in [2.75, 3.05) is 20.2 Å². The van der Waals surface area contributed by atoms with Gasteiger partial charge in [-0.3, -0.25) is 4.98 Å². The third-order valence-corrected chi connectivity index (χ3v) is 3.91. The Hall–Kier alpha value is -0.930. The molecule has 0 radical (unpaired) electrons. The van der Waals surface area contributed by atoms with Crippen molar-refractivity contribution in [2.24, 2.45) is 5.41 Å². The maximum absolute atomic E-state index is 9.47. The highest BCUT2D eigenvalue weighted by Gasteiger charge is 2.37. The van der Waals surface area contributed by atoms with Gasteiger partial charge in [0.2, 0.25) is 0 Å². The summed E-state index contributed by atoms with van der Waals surface area (Å²) in [7, 11) is 2.13. The highest BCUT2D eigenvalue weighted by molar-refractivity contribution is 5.18. The fourth-order valence-corrected chi connectivity index (χ4v) is 2.65. The summed E-state index contributed by atoms with van der Waals surface area (Å²) in [4.78, 5) is 6.61. The van der Waals surface area contributed by atoms with Crippen molar-refractivity contribution in [3.8, 4) is 0 Å². The van der Waals surface area contributed by atoms with Crippen molar-refractivity contribution in [1.82, 2.24) is 9.88 Å². The van der Waals surface area contributed by atoms with Gasteiger partial charge in [-0.05, 0) is 38.4 Å². The monoisotopic (exact) mass is 234 g/mol. The van der Waals surface area contributed by atoms with Crippen LogP contribution in [0.3, 0.4) is 0 Å². The van der Waals surface area contributed by atoms with Crippen molar-refractivity contribution >= 4 is 0 Å². The van der Waals surface area contributed by atoms with Crippen LogP contribution >= 0.6 is 0 Å². The average Bonchev–Trinajstić information content (AvgIpc) is 2.27. The Bertz CT molecular complexity index is 369. The molecule has 0 aliphatic heterocycles. The summed E-state index contributed by atoms with van der Waals surface area (Å²) in [5.41, 5.74) is 2.55. The number of aromatic nitrogens is 1. The minimum Gasteiger partial charge on any atom is -0.396 e. The lowest BCUT2D eigenvalue weighted by molar-refractivity contribution is 0.0127. The third-order valence-electron chi connectivity index (χ3n) is 3.91. The molecular weight excluding hydrogens is 212 g/mol. The lowest BCUT2D eigenvalue weighted by atomic mass is 9.69. The number of hydrogen-bond acceptors (Lipinski definition) is 3. The van der Waals surface area contributed by atoms with Gasteiger partial charge in [-0.25, -0.2) is 0 Å². The molecule has 0 atom stereocenters. The predicted molar refractivity (Wildman–Crippen MR) is 68.7 cm³/mol. The van der Waals surface area contributed by atoms with Gasteiger partial charge in [0, 0.05) is 37.0 Å². The second-order valence-corrected chi connectivity index (χ2v) is 5.43. The number of hydrogen-bond donors (Lipinski definition) is 1. The van der Waals surface area contributed by atoms with Gasteiger partial charge in [0.1, 0.15) is 0 Å². The first-order valence-electron chi connectivity index (χ1n) is 6.35. The Morgan fingerprint density at radius 2 is 2.24 bits per heavy atom. The molecule has 3 heteroatoms. The van der Waals surface area contributed by atoms with Gasteiger partial charge < -0.3 is 10.0 Å². The van der Waals surface area contributed by atoms with Crippen LogP contribution in [-0.4, -0.2) is 35.2 Å². The lowest BCUT2D eigenvalue weighted by Gasteiger charge is -2.43. The standard InChI is InChI=1S/C14H22N2O/c1-12-13(5-3-8-15-12)9-16(2)10-14(11-17)6-4-7-14/h3,5,8,17H,4,6-7,9-11H2,1-2H3. The van der Waals surface area contributed by atoms with E-state index in [0.29, 0.717) is 6.61 Å². The number of aryl methyl sites for hydroxylation is 1. The van der Waals surface area contributed by atoms with E-state index in [2.05, 4.69) is 23.0 Å². The Morgan fingerprint density at radius 1 is 1.47 bits per heavy atom. The van der Waals surface area contributed by atoms with Crippen LogP contribution in [0.4, 0.5) is 0 Å². The molecule has 1 heterocycles. The molecule has 1 aliphatic carbocycles. The van der Waals surface area contributed by atoms with Crippen molar-refractivity contribution in [3.63, 3.8) is 0 Å². The summed E-state index contributed by atoms with van der Waals surface area (Å²) in [6.45, 7) is 4.27. The van der Waals surface area contributed by atoms with E-state index in [9.17, 15) is 5.11 Å². The first-order chi connectivity index (χ1) is 8.15. The quantitative estimate of drug-likeness (QED) is 0.846. The van der Waals surface area contributed by atoms with E-state index in [-0.39, 0.29) is 5.41 Å². The first kappa shape index (κ1) is 12.5. The molecule has 1 N–H and O–H groups in total. The van der Waals surface area contributed by atoms with Gasteiger partial charge in [-0.1, -0.05) is 12.5 Å². The largest absolute Gasteiger partial charge is 0.396 e. The molecule has 1 fully saturated rings. The second kappa shape index (κ2) is 5.15. The first-order valence-corrected chi connectivity index (χ1v) is 6.35. The molecular formula is C14H22N2O. The van der Waals surface area contributed by atoms with Crippen LogP contribution in [0, 0.1) is 12.3 Å². The summed E-state index contributed by atoms with van der Waals surface area (Å²) < 4.78 is 0. The summed E-state index contributed by atoms with van der Waals surface area (Å²) in [6.07, 6.45) is 5.43. The van der Waals surface area contributed by atoms with E-state index in [1.54, 1.807) is 0 Å². The Kier molecular flexibility index (Phi) is 3.79. The van der Waals surface area contributed by atoms with Gasteiger partial charge in [0.15, 0.2) is 0 Å². The number of nitrogens with zero attached hydrogens (tertiary/aromatic N) is 2. The topological polar surface area (TPSA) is 36.4 Å². The zero-order chi connectivity index (χ0) is 12.3. The molecule has 1 aromatic heterocycles. The van der Waals surface area contributed by atoms with Crippen LogP contribution in [0.1, 0.15) is 30.5 Å². The van der Waals surface area contributed by atoms with E-state index in [4.69, 9.17) is 0 Å². The molecule has 0 bridgehead atoms. The Balaban J connectivity index is 1.93. The van der Waals surface area contributed by atoms with Gasteiger partial charge in [-0.2, -0.15) is 0 Å². The number of aliphatic hydroxyl groups is 1. The fourth-order valence-electron chi connectivity index (χ4n) is 2.65. The molecule has 17 heavy (non-hydrogen) atoms. The molecule has 0 amide bonds. The number of aliphatic hydroxyl groups excluding tert-OH is 1. The summed E-state index contributed by atoms with van der Waals surface area (Å²) in [5.74, 6) is 0. The molecule has 0 unspecified atom stereocenters. The molecule has 1 aliphatic rings. The predicted octanol–water partition coefficient (Wildman–Crippen LogP) is 1.98. The van der Waals surface area contributed by atoms with Crippen LogP contribution in [0.5, 0.6) is 0 Å². The summed E-state index contributed by atoms with van der Waals surface area (Å²) in [5, 5.41) is 9.47. The highest BCUT2D eigenvalue weighted by atomic mass is 16.3. The molecule has 94 valence electrons. The van der Waals surface area contributed by atoms with Gasteiger partial charge in [0.25, 0.3) is 0 Å². The van der Waals surface area contributed by atoms with E-state index >= 15 is 0 Å². The Labute approximate surface area is 103 Å². The second-order valence-electron chi connectivity index (χ2n) is 5.43. The minimum atomic E-state index is 0.171. The van der Waals surface area contributed by atoms with Crippen molar-refractivity contribution in [2.45, 2.75) is 32.7 Å². The minimum absolute atomic E-state index is 0.171. The summed E-state index contributed by atoms with van der Waals surface area (Å²) >= 11 is 0. The maximum atomic E-state index is 9.47. The molecule has 0 spiro atoms. The number of rotatable bonds is 5. The van der Waals surface area contributed by atoms with Crippen molar-refractivity contribution in [1.29, 1.82) is 0 Å². The van der Waals surface area contributed by atoms with E-state index in [1.165, 1.54) is 24.8 Å². The van der Waals surface area contributed by atoms with Crippen LogP contribution in [0.25, 0.3) is 0 Å². The van der Waals surface area contributed by atoms with Crippen LogP contribution in [0.15, 0.2) is 18.3 Å². The highest BCUT2D eigenvalue weighted by Crippen LogP contribution is 2.40. The zero-order valence-corrected chi connectivity index (χ0v) is 10.8. The van der Waals surface area contributed by atoms with E-state index in [0.717, 1.165) is 18.8 Å². The molecule has 1 saturated carbocycles. The lowest BCUT2D eigenvalue weighted by Crippen LogP contribution is -2.43.